The molecule has 0 saturated heterocycles. The molecule has 0 saturated carbocycles. The first-order chi connectivity index (χ1) is 15.2. The average Bonchev–Trinajstić information content (AvgIpc) is 2.75. The maximum Gasteiger partial charge on any atom is 0.245 e. The van der Waals surface area contributed by atoms with E-state index in [1.165, 1.54) is 19.2 Å². The highest BCUT2D eigenvalue weighted by Crippen LogP contribution is 2.27. The number of nitrogens with one attached hydrogen (secondary N) is 2. The average molecular weight is 493 g/mol. The van der Waals surface area contributed by atoms with Gasteiger partial charge in [0.1, 0.15) is 16.7 Å². The number of carbonyl (C=O) groups excluding carboxylic acids is 1. The van der Waals surface area contributed by atoms with Crippen LogP contribution in [0.5, 0.6) is 5.75 Å². The summed E-state index contributed by atoms with van der Waals surface area (Å²) in [4.78, 5) is 13.1. The fraction of sp³-hybridized carbons (Fsp3) is 0.174. The summed E-state index contributed by atoms with van der Waals surface area (Å²) in [5.41, 5.74) is 1.85. The molecule has 3 aromatic rings. The third-order valence-corrected chi connectivity index (χ3v) is 6.73. The number of hydrogen-bond donors (Lipinski definition) is 2. The number of aryl methyl sites for hydroxylation is 1. The van der Waals surface area contributed by atoms with Gasteiger partial charge < -0.3 is 10.1 Å². The molecule has 1 amide bonds. The normalized spacial score (nSPS) is 12.2. The van der Waals surface area contributed by atoms with E-state index in [0.717, 1.165) is 11.1 Å². The van der Waals surface area contributed by atoms with Gasteiger partial charge in [-0.1, -0.05) is 59.6 Å². The number of amides is 1. The van der Waals surface area contributed by atoms with Crippen LogP contribution in [0.3, 0.4) is 0 Å². The van der Waals surface area contributed by atoms with E-state index in [4.69, 9.17) is 27.9 Å². The number of rotatable bonds is 8. The molecule has 0 aliphatic heterocycles. The second-order valence-electron chi connectivity index (χ2n) is 7.13. The van der Waals surface area contributed by atoms with Gasteiger partial charge in [0.2, 0.25) is 15.9 Å². The highest BCUT2D eigenvalue weighted by molar-refractivity contribution is 7.89. The lowest BCUT2D eigenvalue weighted by Crippen LogP contribution is -2.45. The van der Waals surface area contributed by atoms with E-state index in [1.54, 1.807) is 31.2 Å². The Labute approximate surface area is 197 Å². The Morgan fingerprint density at radius 2 is 1.75 bits per heavy atom. The van der Waals surface area contributed by atoms with Crippen LogP contribution >= 0.6 is 23.2 Å². The summed E-state index contributed by atoms with van der Waals surface area (Å²) in [6, 6.07) is 17.4. The molecule has 0 spiro atoms. The molecule has 3 aromatic carbocycles. The standard InChI is InChI=1S/C23H22Cl2N2O4S/c1-15-8-11-21(31-2)22(12-15)32(29,30)27-20(13-16-6-4-3-5-7-16)23(28)26-19-10-9-17(24)14-18(19)25/h3-12,14,20,27H,13H2,1-2H3,(H,26,28)/t20-/m1/s1. The topological polar surface area (TPSA) is 84.5 Å². The van der Waals surface area contributed by atoms with Crippen molar-refractivity contribution in [3.63, 3.8) is 0 Å². The van der Waals surface area contributed by atoms with Gasteiger partial charge in [0, 0.05) is 5.02 Å². The monoisotopic (exact) mass is 492 g/mol. The molecule has 6 nitrogen and oxygen atoms in total. The highest BCUT2D eigenvalue weighted by atomic mass is 35.5. The number of sulfonamides is 1. The minimum atomic E-state index is -4.09. The highest BCUT2D eigenvalue weighted by Gasteiger charge is 2.28. The van der Waals surface area contributed by atoms with Crippen LogP contribution in [0.4, 0.5) is 5.69 Å². The lowest BCUT2D eigenvalue weighted by Gasteiger charge is -2.20. The molecule has 0 fully saturated rings. The molecular weight excluding hydrogens is 471 g/mol. The maximum absolute atomic E-state index is 13.2. The van der Waals surface area contributed by atoms with Gasteiger partial charge in [-0.25, -0.2) is 8.42 Å². The van der Waals surface area contributed by atoms with Gasteiger partial charge in [0.15, 0.2) is 0 Å². The van der Waals surface area contributed by atoms with E-state index in [-0.39, 0.29) is 22.1 Å². The van der Waals surface area contributed by atoms with Crippen molar-refractivity contribution < 1.29 is 17.9 Å². The number of ether oxygens (including phenoxy) is 1. The zero-order valence-electron chi connectivity index (χ0n) is 17.4. The summed E-state index contributed by atoms with van der Waals surface area (Å²) < 4.78 is 34.2. The molecule has 32 heavy (non-hydrogen) atoms. The first-order valence-electron chi connectivity index (χ1n) is 9.66. The molecule has 0 heterocycles. The minimum Gasteiger partial charge on any atom is -0.495 e. The van der Waals surface area contributed by atoms with Crippen LogP contribution in [0, 0.1) is 6.92 Å². The Balaban J connectivity index is 1.93. The Bertz CT molecular complexity index is 1220. The van der Waals surface area contributed by atoms with E-state index in [2.05, 4.69) is 10.0 Å². The Morgan fingerprint density at radius 3 is 2.41 bits per heavy atom. The van der Waals surface area contributed by atoms with E-state index in [9.17, 15) is 13.2 Å². The van der Waals surface area contributed by atoms with Gasteiger partial charge in [0.25, 0.3) is 0 Å². The van der Waals surface area contributed by atoms with Crippen LogP contribution in [0.25, 0.3) is 0 Å². The van der Waals surface area contributed by atoms with Crippen LogP contribution in [-0.4, -0.2) is 27.5 Å². The molecule has 0 bridgehead atoms. The summed E-state index contributed by atoms with van der Waals surface area (Å²) in [7, 11) is -2.70. The zero-order chi connectivity index (χ0) is 23.3. The molecule has 0 radical (unpaired) electrons. The van der Waals surface area contributed by atoms with E-state index in [0.29, 0.717) is 10.7 Å². The number of methoxy groups -OCH3 is 1. The number of benzene rings is 3. The van der Waals surface area contributed by atoms with E-state index >= 15 is 0 Å². The van der Waals surface area contributed by atoms with Crippen LogP contribution in [0.15, 0.2) is 71.6 Å². The Kier molecular flexibility index (Phi) is 7.79. The van der Waals surface area contributed by atoms with Gasteiger partial charge in [0.05, 0.1) is 17.8 Å². The fourth-order valence-electron chi connectivity index (χ4n) is 3.09. The van der Waals surface area contributed by atoms with Crippen molar-refractivity contribution in [2.75, 3.05) is 12.4 Å². The van der Waals surface area contributed by atoms with Gasteiger partial charge in [-0.05, 0) is 54.8 Å². The van der Waals surface area contributed by atoms with Gasteiger partial charge >= 0.3 is 0 Å². The molecule has 168 valence electrons. The molecule has 3 rings (SSSR count). The predicted octanol–water partition coefficient (Wildman–Crippen LogP) is 4.84. The van der Waals surface area contributed by atoms with Crippen molar-refractivity contribution in [1.82, 2.24) is 4.72 Å². The summed E-state index contributed by atoms with van der Waals surface area (Å²) in [5.74, 6) is -0.379. The summed E-state index contributed by atoms with van der Waals surface area (Å²) >= 11 is 12.1. The van der Waals surface area contributed by atoms with Gasteiger partial charge in [-0.3, -0.25) is 4.79 Å². The number of hydrogen-bond acceptors (Lipinski definition) is 4. The third kappa shape index (κ3) is 6.01. The molecule has 0 aromatic heterocycles. The van der Waals surface area contributed by atoms with Crippen molar-refractivity contribution in [3.05, 3.63) is 87.9 Å². The van der Waals surface area contributed by atoms with E-state index < -0.39 is 22.0 Å². The molecular formula is C23H22Cl2N2O4S. The van der Waals surface area contributed by atoms with Gasteiger partial charge in [-0.15, -0.1) is 0 Å². The first kappa shape index (κ1) is 24.1. The third-order valence-electron chi connectivity index (χ3n) is 4.69. The largest absolute Gasteiger partial charge is 0.495 e. The predicted molar refractivity (Wildman–Crippen MR) is 127 cm³/mol. The molecule has 9 heteroatoms. The van der Waals surface area contributed by atoms with Crippen LogP contribution in [0.2, 0.25) is 10.0 Å². The lowest BCUT2D eigenvalue weighted by molar-refractivity contribution is -0.117. The summed E-state index contributed by atoms with van der Waals surface area (Å²) in [6.45, 7) is 1.77. The second-order valence-corrected chi connectivity index (χ2v) is 9.66. The van der Waals surface area contributed by atoms with Crippen LogP contribution in [0.1, 0.15) is 11.1 Å². The van der Waals surface area contributed by atoms with Crippen molar-refractivity contribution in [2.45, 2.75) is 24.3 Å². The zero-order valence-corrected chi connectivity index (χ0v) is 19.8. The van der Waals surface area contributed by atoms with Crippen LogP contribution < -0.4 is 14.8 Å². The Morgan fingerprint density at radius 1 is 1.03 bits per heavy atom. The first-order valence-corrected chi connectivity index (χ1v) is 11.9. The number of carbonyl (C=O) groups is 1. The van der Waals surface area contributed by atoms with Gasteiger partial charge in [-0.2, -0.15) is 4.72 Å². The fourth-order valence-corrected chi connectivity index (χ4v) is 5.00. The molecule has 0 aliphatic carbocycles. The summed E-state index contributed by atoms with van der Waals surface area (Å²) in [6.07, 6.45) is 0.130. The Hall–Kier alpha value is -2.58. The molecule has 2 N–H and O–H groups in total. The second kappa shape index (κ2) is 10.4. The van der Waals surface area contributed by atoms with E-state index in [1.807, 2.05) is 30.3 Å². The number of halogens is 2. The number of anilines is 1. The lowest BCUT2D eigenvalue weighted by atomic mass is 10.1. The molecule has 0 aliphatic rings. The molecule has 1 atom stereocenters. The minimum absolute atomic E-state index is 0.0459. The van der Waals surface area contributed by atoms with Crippen molar-refractivity contribution in [1.29, 1.82) is 0 Å². The van der Waals surface area contributed by atoms with Crippen molar-refractivity contribution >= 4 is 44.8 Å². The van der Waals surface area contributed by atoms with Crippen molar-refractivity contribution in [2.24, 2.45) is 0 Å². The molecule has 0 unspecified atom stereocenters. The van der Waals surface area contributed by atoms with Crippen LogP contribution in [-0.2, 0) is 21.2 Å². The summed E-state index contributed by atoms with van der Waals surface area (Å²) in [5, 5.41) is 3.34. The quantitative estimate of drug-likeness (QED) is 0.471. The SMILES string of the molecule is COc1ccc(C)cc1S(=O)(=O)N[C@H](Cc1ccccc1)C(=O)Nc1ccc(Cl)cc1Cl. The smallest absolute Gasteiger partial charge is 0.245 e. The van der Waals surface area contributed by atoms with Crippen molar-refractivity contribution in [3.8, 4) is 5.75 Å². The maximum atomic E-state index is 13.2.